The van der Waals surface area contributed by atoms with Crippen LogP contribution in [-0.2, 0) is 4.79 Å². The number of hydrogen-bond acceptors (Lipinski definition) is 1. The van der Waals surface area contributed by atoms with Gasteiger partial charge in [0.25, 0.3) is 0 Å². The van der Waals surface area contributed by atoms with Crippen LogP contribution >= 0.6 is 0 Å². The number of hydrogen-bond donors (Lipinski definition) is 0. The monoisotopic (exact) mass is 384 g/mol. The summed E-state index contributed by atoms with van der Waals surface area (Å²) in [6.07, 6.45) is 14.8. The predicted molar refractivity (Wildman–Crippen MR) is 116 cm³/mol. The van der Waals surface area contributed by atoms with Crippen LogP contribution in [0, 0.1) is 57.7 Å². The van der Waals surface area contributed by atoms with Crippen molar-refractivity contribution in [2.75, 3.05) is 0 Å². The molecule has 28 heavy (non-hydrogen) atoms. The second kappa shape index (κ2) is 6.34. The number of ketones is 1. The summed E-state index contributed by atoms with van der Waals surface area (Å²) in [4.78, 5) is 13.4. The molecule has 0 aromatic carbocycles. The molecule has 1 heteroatoms. The molecule has 5 rings (SSSR count). The van der Waals surface area contributed by atoms with Crippen molar-refractivity contribution in [1.82, 2.24) is 0 Å². The molecule has 0 unspecified atom stereocenters. The van der Waals surface area contributed by atoms with E-state index < -0.39 is 0 Å². The van der Waals surface area contributed by atoms with Gasteiger partial charge in [-0.25, -0.2) is 0 Å². The average molecular weight is 385 g/mol. The second-order valence-corrected chi connectivity index (χ2v) is 12.9. The zero-order chi connectivity index (χ0) is 19.9. The summed E-state index contributed by atoms with van der Waals surface area (Å²) in [6, 6.07) is 0. The minimum absolute atomic E-state index is 0.157. The Labute approximate surface area is 173 Å². The van der Waals surface area contributed by atoms with E-state index in [0.29, 0.717) is 22.5 Å². The maximum absolute atomic E-state index is 13.4. The van der Waals surface area contributed by atoms with Crippen molar-refractivity contribution in [2.24, 2.45) is 57.7 Å². The van der Waals surface area contributed by atoms with Crippen molar-refractivity contribution in [2.45, 2.75) is 105 Å². The number of fused-ring (bicyclic) bond motifs is 4. The first-order chi connectivity index (χ1) is 13.2. The third kappa shape index (κ3) is 2.40. The van der Waals surface area contributed by atoms with Gasteiger partial charge in [0.05, 0.1) is 0 Å². The van der Waals surface area contributed by atoms with Crippen LogP contribution in [0.5, 0.6) is 0 Å². The Kier molecular flexibility index (Phi) is 4.44. The summed E-state index contributed by atoms with van der Waals surface area (Å²) >= 11 is 0. The Morgan fingerprint density at radius 1 is 0.964 bits per heavy atom. The lowest BCUT2D eigenvalue weighted by molar-refractivity contribution is -0.151. The van der Waals surface area contributed by atoms with Crippen LogP contribution in [0.1, 0.15) is 105 Å². The molecule has 0 aromatic heterocycles. The number of Topliss-reactive ketones (excluding diaryl/α,β-unsaturated/α-hetero) is 1. The van der Waals surface area contributed by atoms with Gasteiger partial charge in [0.15, 0.2) is 0 Å². The van der Waals surface area contributed by atoms with Crippen LogP contribution in [0.4, 0.5) is 0 Å². The molecule has 5 aliphatic rings. The third-order valence-electron chi connectivity index (χ3n) is 11.5. The van der Waals surface area contributed by atoms with Crippen molar-refractivity contribution in [3.63, 3.8) is 0 Å². The molecule has 0 aromatic rings. The lowest BCUT2D eigenvalue weighted by atomic mass is 9.45. The van der Waals surface area contributed by atoms with Crippen molar-refractivity contribution in [3.8, 4) is 0 Å². The largest absolute Gasteiger partial charge is 0.299 e. The molecule has 5 saturated carbocycles. The molecule has 0 heterocycles. The lowest BCUT2D eigenvalue weighted by Gasteiger charge is -2.58. The second-order valence-electron chi connectivity index (χ2n) is 12.9. The van der Waals surface area contributed by atoms with E-state index in [4.69, 9.17) is 0 Å². The Morgan fingerprint density at radius 2 is 1.75 bits per heavy atom. The van der Waals surface area contributed by atoms with Crippen LogP contribution in [0.25, 0.3) is 0 Å². The van der Waals surface area contributed by atoms with Crippen molar-refractivity contribution < 1.29 is 4.79 Å². The van der Waals surface area contributed by atoms with Gasteiger partial charge in [-0.05, 0) is 97.2 Å². The minimum atomic E-state index is 0.157. The first kappa shape index (κ1) is 19.6. The van der Waals surface area contributed by atoms with E-state index in [1.54, 1.807) is 0 Å². The molecule has 0 amide bonds. The lowest BCUT2D eigenvalue weighted by Crippen LogP contribution is -2.55. The number of rotatable bonds is 5. The van der Waals surface area contributed by atoms with Crippen molar-refractivity contribution >= 4 is 5.78 Å². The first-order valence-corrected chi connectivity index (χ1v) is 12.8. The quantitative estimate of drug-likeness (QED) is 0.486. The number of carbonyl (C=O) groups excluding carboxylic acids is 1. The van der Waals surface area contributed by atoms with E-state index in [-0.39, 0.29) is 5.41 Å². The molecule has 0 bridgehead atoms. The number of carbonyl (C=O) groups is 1. The molecule has 5 aliphatic carbocycles. The molecule has 0 radical (unpaired) electrons. The van der Waals surface area contributed by atoms with E-state index >= 15 is 0 Å². The topological polar surface area (TPSA) is 17.1 Å². The molecular formula is C27H44O. The molecule has 5 fully saturated rings. The standard InChI is InChI=1S/C27H44O/c1-17(2)7-6-8-18(3)21-9-10-22-20-15-24(28)27-16-19(27)11-14-26(27,5)23(20)12-13-25(21,22)4/h17-23H,6-16H2,1-5H3/t18-,19-,20-,21+,22+,23+,25+,26+,27-/m0/s1. The molecule has 0 saturated heterocycles. The normalized spacial score (nSPS) is 52.8. The van der Waals surface area contributed by atoms with Gasteiger partial charge < -0.3 is 0 Å². The SMILES string of the molecule is CC(C)CCC[C@H](C)[C@H]1CC[C@@H]2[C@@H]3CC(=O)[C@]45C[C@@H]4CC[C@]5(C)[C@@H]3CC[C@@]21C. The molecule has 0 N–H and O–H groups in total. The molecule has 1 nitrogen and oxygen atoms in total. The average Bonchev–Trinajstić information content (AvgIpc) is 3.15. The summed E-state index contributed by atoms with van der Waals surface area (Å²) in [6.45, 7) is 12.5. The van der Waals surface area contributed by atoms with Crippen LogP contribution in [0.3, 0.4) is 0 Å². The Balaban J connectivity index is 1.35. The highest BCUT2D eigenvalue weighted by Crippen LogP contribution is 2.80. The van der Waals surface area contributed by atoms with Gasteiger partial charge >= 0.3 is 0 Å². The van der Waals surface area contributed by atoms with Gasteiger partial charge in [0, 0.05) is 11.8 Å². The Bertz CT molecular complexity index is 651. The predicted octanol–water partition coefficient (Wildman–Crippen LogP) is 7.29. The molecule has 0 aliphatic heterocycles. The maximum atomic E-state index is 13.4. The van der Waals surface area contributed by atoms with Crippen LogP contribution < -0.4 is 0 Å². The van der Waals surface area contributed by atoms with Gasteiger partial charge in [0.2, 0.25) is 0 Å². The summed E-state index contributed by atoms with van der Waals surface area (Å²) in [7, 11) is 0. The third-order valence-corrected chi connectivity index (χ3v) is 11.5. The van der Waals surface area contributed by atoms with E-state index in [0.717, 1.165) is 41.9 Å². The smallest absolute Gasteiger partial charge is 0.140 e. The maximum Gasteiger partial charge on any atom is 0.140 e. The van der Waals surface area contributed by atoms with E-state index in [2.05, 4.69) is 34.6 Å². The molecule has 158 valence electrons. The minimum Gasteiger partial charge on any atom is -0.299 e. The summed E-state index contributed by atoms with van der Waals surface area (Å²) < 4.78 is 0. The van der Waals surface area contributed by atoms with Gasteiger partial charge in [-0.3, -0.25) is 4.79 Å². The van der Waals surface area contributed by atoms with Gasteiger partial charge in [0.1, 0.15) is 5.78 Å². The highest BCUT2D eigenvalue weighted by atomic mass is 16.1. The van der Waals surface area contributed by atoms with E-state index in [1.165, 1.54) is 64.2 Å². The van der Waals surface area contributed by atoms with Crippen LogP contribution in [-0.4, -0.2) is 5.78 Å². The highest BCUT2D eigenvalue weighted by molar-refractivity contribution is 5.91. The van der Waals surface area contributed by atoms with Crippen molar-refractivity contribution in [3.05, 3.63) is 0 Å². The van der Waals surface area contributed by atoms with Crippen LogP contribution in [0.2, 0.25) is 0 Å². The summed E-state index contributed by atoms with van der Waals surface area (Å²) in [5.74, 6) is 6.49. The molecule has 9 atom stereocenters. The Hall–Kier alpha value is -0.330. The Morgan fingerprint density at radius 3 is 2.46 bits per heavy atom. The highest BCUT2D eigenvalue weighted by Gasteiger charge is 2.77. The van der Waals surface area contributed by atoms with Crippen molar-refractivity contribution in [1.29, 1.82) is 0 Å². The first-order valence-electron chi connectivity index (χ1n) is 12.8. The van der Waals surface area contributed by atoms with E-state index in [1.807, 2.05) is 0 Å². The fourth-order valence-corrected chi connectivity index (χ4v) is 10.0. The fourth-order valence-electron chi connectivity index (χ4n) is 10.0. The zero-order valence-corrected chi connectivity index (χ0v) is 19.2. The zero-order valence-electron chi connectivity index (χ0n) is 19.2. The van der Waals surface area contributed by atoms with Crippen LogP contribution in [0.15, 0.2) is 0 Å². The van der Waals surface area contributed by atoms with Gasteiger partial charge in [-0.1, -0.05) is 53.9 Å². The van der Waals surface area contributed by atoms with Gasteiger partial charge in [-0.2, -0.15) is 0 Å². The summed E-state index contributed by atoms with van der Waals surface area (Å²) in [5, 5.41) is 0. The van der Waals surface area contributed by atoms with Gasteiger partial charge in [-0.15, -0.1) is 0 Å². The van der Waals surface area contributed by atoms with E-state index in [9.17, 15) is 4.79 Å². The molecular weight excluding hydrogens is 340 g/mol. The fraction of sp³-hybridized carbons (Fsp3) is 0.963. The molecule has 1 spiro atoms. The summed E-state index contributed by atoms with van der Waals surface area (Å²) in [5.41, 5.74) is 1.03.